The number of methoxy groups -OCH3 is 1. The largest absolute Gasteiger partial charge is 0.493 e. The van der Waals surface area contributed by atoms with Gasteiger partial charge in [0.2, 0.25) is 0 Å². The van der Waals surface area contributed by atoms with Gasteiger partial charge >= 0.3 is 6.61 Å². The molecule has 0 radical (unpaired) electrons. The van der Waals surface area contributed by atoms with Gasteiger partial charge in [0.1, 0.15) is 11.6 Å². The number of alkyl halides is 2. The van der Waals surface area contributed by atoms with Gasteiger partial charge in [-0.25, -0.2) is 4.39 Å². The highest BCUT2D eigenvalue weighted by Gasteiger charge is 2.22. The second-order valence-electron chi connectivity index (χ2n) is 5.53. The summed E-state index contributed by atoms with van der Waals surface area (Å²) in [5.41, 5.74) is 1.13. The van der Waals surface area contributed by atoms with Crippen LogP contribution in [0.25, 0.3) is 6.08 Å². The number of rotatable bonds is 4. The van der Waals surface area contributed by atoms with E-state index in [0.29, 0.717) is 23.3 Å². The molecule has 7 heteroatoms. The molecule has 0 aromatic heterocycles. The molecule has 0 fully saturated rings. The Morgan fingerprint density at radius 2 is 1.96 bits per heavy atom. The Labute approximate surface area is 147 Å². The number of Topliss-reactive ketones (excluding diaryl/α,β-unsaturated/α-hetero) is 1. The lowest BCUT2D eigenvalue weighted by Crippen LogP contribution is -2.04. The molecule has 136 valence electrons. The monoisotopic (exact) mass is 364 g/mol. The highest BCUT2D eigenvalue weighted by molar-refractivity contribution is 6.13. The fourth-order valence-electron chi connectivity index (χ4n) is 2.67. The van der Waals surface area contributed by atoms with Crippen molar-refractivity contribution in [1.29, 1.82) is 0 Å². The number of ketones is 1. The van der Waals surface area contributed by atoms with E-state index < -0.39 is 12.4 Å². The molecule has 0 saturated carbocycles. The second-order valence-corrected chi connectivity index (χ2v) is 5.53. The lowest BCUT2D eigenvalue weighted by Gasteiger charge is -2.10. The van der Waals surface area contributed by atoms with Crippen LogP contribution in [0.3, 0.4) is 0 Å². The lowest BCUT2D eigenvalue weighted by molar-refractivity contribution is -0.0512. The van der Waals surface area contributed by atoms with E-state index in [9.17, 15) is 18.0 Å². The summed E-state index contributed by atoms with van der Waals surface area (Å²) in [6.45, 7) is -2.71. The predicted octanol–water partition coefficient (Wildman–Crippen LogP) is 4.48. The molecule has 0 amide bonds. The average Bonchev–Trinajstić information content (AvgIpc) is 2.75. The van der Waals surface area contributed by atoms with Gasteiger partial charge in [-0.15, -0.1) is 0 Å². The number of benzene rings is 2. The number of carbonyl (C=O) groups is 1. The van der Waals surface area contributed by atoms with E-state index in [0.717, 1.165) is 6.07 Å². The molecule has 0 atom stereocenters. The quantitative estimate of drug-likeness (QED) is 0.750. The number of hydrogen-bond donors (Lipinski definition) is 0. The van der Waals surface area contributed by atoms with Crippen LogP contribution in [0.15, 0.2) is 42.0 Å². The Morgan fingerprint density at radius 1 is 1.15 bits per heavy atom. The number of halogens is 3. The maximum absolute atomic E-state index is 13.5. The van der Waals surface area contributed by atoms with Gasteiger partial charge in [-0.1, -0.05) is 6.07 Å². The fraction of sp³-hybridized carbons (Fsp3) is 0.211. The van der Waals surface area contributed by atoms with E-state index in [1.807, 2.05) is 0 Å². The number of hydrogen-bond acceptors (Lipinski definition) is 4. The summed E-state index contributed by atoms with van der Waals surface area (Å²) < 4.78 is 53.2. The van der Waals surface area contributed by atoms with Crippen LogP contribution in [0.5, 0.6) is 17.2 Å². The maximum Gasteiger partial charge on any atom is 0.387 e. The van der Waals surface area contributed by atoms with Crippen molar-refractivity contribution < 1.29 is 32.2 Å². The Kier molecular flexibility index (Phi) is 5.16. The Morgan fingerprint density at radius 3 is 2.69 bits per heavy atom. The number of fused-ring (bicyclic) bond motifs is 1. The first-order chi connectivity index (χ1) is 12.5. The van der Waals surface area contributed by atoms with Crippen molar-refractivity contribution in [2.45, 2.75) is 13.0 Å². The van der Waals surface area contributed by atoms with Crippen LogP contribution in [0, 0.1) is 5.82 Å². The van der Waals surface area contributed by atoms with Gasteiger partial charge < -0.3 is 14.2 Å². The highest BCUT2D eigenvalue weighted by atomic mass is 19.3. The van der Waals surface area contributed by atoms with Crippen molar-refractivity contribution in [3.63, 3.8) is 0 Å². The van der Waals surface area contributed by atoms with E-state index in [2.05, 4.69) is 4.74 Å². The van der Waals surface area contributed by atoms with Gasteiger partial charge in [0.15, 0.2) is 17.3 Å². The van der Waals surface area contributed by atoms with Crippen molar-refractivity contribution in [3.8, 4) is 17.2 Å². The zero-order chi connectivity index (χ0) is 18.7. The molecule has 0 N–H and O–H groups in total. The lowest BCUT2D eigenvalue weighted by atomic mass is 9.99. The summed E-state index contributed by atoms with van der Waals surface area (Å²) in [7, 11) is 1.33. The minimum Gasteiger partial charge on any atom is -0.493 e. The molecule has 2 aromatic rings. The standard InChI is InChI=1S/C19H15F3O4/c1-24-17-9-11(2-4-16(17)26-19(21)22)8-12-6-7-25-15-5-3-13(20)10-14(15)18(12)23/h2-5,8-10,19H,6-7H2,1H3/b12-8+. The summed E-state index contributed by atoms with van der Waals surface area (Å²) in [5.74, 6) is -0.532. The van der Waals surface area contributed by atoms with Gasteiger partial charge in [-0.2, -0.15) is 8.78 Å². The van der Waals surface area contributed by atoms with E-state index in [4.69, 9.17) is 9.47 Å². The third-order valence-corrected chi connectivity index (χ3v) is 3.85. The van der Waals surface area contributed by atoms with E-state index in [-0.39, 0.29) is 29.5 Å². The zero-order valence-corrected chi connectivity index (χ0v) is 13.8. The molecule has 0 saturated heterocycles. The van der Waals surface area contributed by atoms with Crippen molar-refractivity contribution in [1.82, 2.24) is 0 Å². The molecule has 1 heterocycles. The van der Waals surface area contributed by atoms with Crippen LogP contribution >= 0.6 is 0 Å². The summed E-state index contributed by atoms with van der Waals surface area (Å²) in [5, 5.41) is 0. The Hall–Kier alpha value is -2.96. The molecule has 2 aromatic carbocycles. The van der Waals surface area contributed by atoms with Crippen molar-refractivity contribution in [2.24, 2.45) is 0 Å². The van der Waals surface area contributed by atoms with Crippen molar-refractivity contribution in [3.05, 3.63) is 58.9 Å². The van der Waals surface area contributed by atoms with Gasteiger partial charge in [0.25, 0.3) is 0 Å². The number of ether oxygens (including phenoxy) is 3. The van der Waals surface area contributed by atoms with Gasteiger partial charge in [-0.05, 0) is 42.0 Å². The molecule has 0 spiro atoms. The molecule has 0 bridgehead atoms. The summed E-state index contributed by atoms with van der Waals surface area (Å²) in [6.07, 6.45) is 1.92. The molecular weight excluding hydrogens is 349 g/mol. The van der Waals surface area contributed by atoms with Crippen LogP contribution in [0.1, 0.15) is 22.3 Å². The smallest absolute Gasteiger partial charge is 0.387 e. The predicted molar refractivity (Wildman–Crippen MR) is 88.4 cm³/mol. The van der Waals surface area contributed by atoms with Gasteiger partial charge in [-0.3, -0.25) is 4.79 Å². The maximum atomic E-state index is 13.5. The SMILES string of the molecule is COc1cc(/C=C2\CCOc3ccc(F)cc3C2=O)ccc1OC(F)F. The molecule has 1 aliphatic heterocycles. The molecule has 1 aliphatic rings. The minimum atomic E-state index is -2.97. The van der Waals surface area contributed by atoms with Crippen LogP contribution < -0.4 is 14.2 Å². The third-order valence-electron chi connectivity index (χ3n) is 3.85. The molecular formula is C19H15F3O4. The first-order valence-electron chi connectivity index (χ1n) is 7.78. The third kappa shape index (κ3) is 3.82. The molecule has 4 nitrogen and oxygen atoms in total. The summed E-state index contributed by atoms with van der Waals surface area (Å²) in [6, 6.07) is 8.13. The van der Waals surface area contributed by atoms with Gasteiger partial charge in [0, 0.05) is 12.0 Å². The van der Waals surface area contributed by atoms with Crippen LogP contribution in [0.4, 0.5) is 13.2 Å². The van der Waals surface area contributed by atoms with Gasteiger partial charge in [0.05, 0.1) is 19.3 Å². The molecule has 0 aliphatic carbocycles. The van der Waals surface area contributed by atoms with E-state index >= 15 is 0 Å². The molecule has 3 rings (SSSR count). The summed E-state index contributed by atoms with van der Waals surface area (Å²) >= 11 is 0. The highest BCUT2D eigenvalue weighted by Crippen LogP contribution is 2.32. The average molecular weight is 364 g/mol. The first kappa shape index (κ1) is 17.8. The normalized spacial score (nSPS) is 15.4. The van der Waals surface area contributed by atoms with E-state index in [1.54, 1.807) is 6.08 Å². The van der Waals surface area contributed by atoms with E-state index in [1.165, 1.54) is 37.4 Å². The Balaban J connectivity index is 1.95. The van der Waals surface area contributed by atoms with Crippen molar-refractivity contribution in [2.75, 3.05) is 13.7 Å². The van der Waals surface area contributed by atoms with Crippen LogP contribution in [0.2, 0.25) is 0 Å². The summed E-state index contributed by atoms with van der Waals surface area (Å²) in [4.78, 5) is 12.7. The molecule has 26 heavy (non-hydrogen) atoms. The molecule has 0 unspecified atom stereocenters. The topological polar surface area (TPSA) is 44.8 Å². The number of carbonyl (C=O) groups excluding carboxylic acids is 1. The Bertz CT molecular complexity index is 862. The second kappa shape index (κ2) is 7.51. The fourth-order valence-corrected chi connectivity index (χ4v) is 2.67. The first-order valence-corrected chi connectivity index (χ1v) is 7.78. The minimum absolute atomic E-state index is 0.104. The van der Waals surface area contributed by atoms with Crippen LogP contribution in [-0.4, -0.2) is 26.1 Å². The van der Waals surface area contributed by atoms with Crippen molar-refractivity contribution >= 4 is 11.9 Å². The zero-order valence-electron chi connectivity index (χ0n) is 13.8. The van der Waals surface area contributed by atoms with Crippen LogP contribution in [-0.2, 0) is 0 Å².